The standard InChI is InChI=1S/C10H9NO2S3/c11-10(12)13-6-7-3-4-9(15-7)16-8-2-1-5-14-8/h1-5H,6H2,(H2,11,12). The average molecular weight is 271 g/mol. The maximum absolute atomic E-state index is 10.4. The second-order valence-electron chi connectivity index (χ2n) is 2.86. The third-order valence-corrected chi connectivity index (χ3v) is 4.92. The lowest BCUT2D eigenvalue weighted by atomic mass is 10.5. The third-order valence-electron chi connectivity index (χ3n) is 1.69. The maximum Gasteiger partial charge on any atom is 0.404 e. The smallest absolute Gasteiger partial charge is 0.404 e. The zero-order valence-corrected chi connectivity index (χ0v) is 10.7. The van der Waals surface area contributed by atoms with Gasteiger partial charge in [0.25, 0.3) is 0 Å². The first kappa shape index (κ1) is 11.5. The number of ether oxygens (including phenoxy) is 1. The number of primary amides is 1. The summed E-state index contributed by atoms with van der Waals surface area (Å²) in [5.74, 6) is 0. The summed E-state index contributed by atoms with van der Waals surface area (Å²) in [5, 5.41) is 2.05. The third kappa shape index (κ3) is 3.26. The Labute approximate surface area is 105 Å². The molecule has 0 aromatic carbocycles. The predicted octanol–water partition coefficient (Wildman–Crippen LogP) is 3.56. The fourth-order valence-corrected chi connectivity index (χ4v) is 4.18. The summed E-state index contributed by atoms with van der Waals surface area (Å²) in [5.41, 5.74) is 4.90. The summed E-state index contributed by atoms with van der Waals surface area (Å²) in [7, 11) is 0. The molecule has 84 valence electrons. The minimum absolute atomic E-state index is 0.255. The zero-order valence-electron chi connectivity index (χ0n) is 8.21. The molecule has 0 bridgehead atoms. The van der Waals surface area contributed by atoms with Crippen molar-refractivity contribution in [3.8, 4) is 0 Å². The van der Waals surface area contributed by atoms with Gasteiger partial charge in [-0.05, 0) is 23.6 Å². The molecule has 3 nitrogen and oxygen atoms in total. The largest absolute Gasteiger partial charge is 0.444 e. The molecule has 0 spiro atoms. The summed E-state index contributed by atoms with van der Waals surface area (Å²) >= 11 is 5.03. The fourth-order valence-electron chi connectivity index (χ4n) is 1.05. The van der Waals surface area contributed by atoms with Crippen LogP contribution in [0.15, 0.2) is 38.1 Å². The van der Waals surface area contributed by atoms with Crippen molar-refractivity contribution < 1.29 is 9.53 Å². The van der Waals surface area contributed by atoms with Crippen LogP contribution in [-0.4, -0.2) is 6.09 Å². The van der Waals surface area contributed by atoms with Crippen molar-refractivity contribution in [3.63, 3.8) is 0 Å². The molecular formula is C10H9NO2S3. The normalized spacial score (nSPS) is 10.2. The van der Waals surface area contributed by atoms with E-state index >= 15 is 0 Å². The molecule has 6 heteroatoms. The summed E-state index contributed by atoms with van der Waals surface area (Å²) in [6.07, 6.45) is -0.735. The molecule has 2 heterocycles. The van der Waals surface area contributed by atoms with Crippen LogP contribution in [0.25, 0.3) is 0 Å². The van der Waals surface area contributed by atoms with Crippen molar-refractivity contribution in [2.45, 2.75) is 15.0 Å². The quantitative estimate of drug-likeness (QED) is 0.925. The second-order valence-corrected chi connectivity index (χ2v) is 6.58. The highest BCUT2D eigenvalue weighted by Crippen LogP contribution is 2.35. The molecular weight excluding hydrogens is 262 g/mol. The first-order valence-corrected chi connectivity index (χ1v) is 6.97. The van der Waals surface area contributed by atoms with Crippen molar-refractivity contribution in [2.24, 2.45) is 5.73 Å². The Morgan fingerprint density at radius 2 is 2.25 bits per heavy atom. The van der Waals surface area contributed by atoms with Crippen LogP contribution in [0, 0.1) is 0 Å². The van der Waals surface area contributed by atoms with Gasteiger partial charge in [-0.15, -0.1) is 22.7 Å². The fraction of sp³-hybridized carbons (Fsp3) is 0.100. The van der Waals surface area contributed by atoms with Crippen LogP contribution in [0.5, 0.6) is 0 Å². The van der Waals surface area contributed by atoms with E-state index in [1.807, 2.05) is 23.6 Å². The van der Waals surface area contributed by atoms with Gasteiger partial charge in [-0.2, -0.15) is 0 Å². The lowest BCUT2D eigenvalue weighted by molar-refractivity contribution is 0.151. The van der Waals surface area contributed by atoms with Crippen LogP contribution in [0.4, 0.5) is 4.79 Å². The highest BCUT2D eigenvalue weighted by atomic mass is 32.2. The average Bonchev–Trinajstić information content (AvgIpc) is 2.87. The van der Waals surface area contributed by atoms with E-state index in [0.29, 0.717) is 0 Å². The summed E-state index contributed by atoms with van der Waals surface area (Å²) in [6.45, 7) is 0.255. The minimum Gasteiger partial charge on any atom is -0.444 e. The van der Waals surface area contributed by atoms with Crippen molar-refractivity contribution >= 4 is 40.5 Å². The zero-order chi connectivity index (χ0) is 11.4. The van der Waals surface area contributed by atoms with E-state index in [-0.39, 0.29) is 6.61 Å². The van der Waals surface area contributed by atoms with E-state index in [2.05, 4.69) is 6.07 Å². The molecule has 0 aliphatic rings. The van der Waals surface area contributed by atoms with E-state index in [0.717, 1.165) is 4.88 Å². The van der Waals surface area contributed by atoms with Gasteiger partial charge in [0.2, 0.25) is 0 Å². The summed E-state index contributed by atoms with van der Waals surface area (Å²) in [6, 6.07) is 8.07. The van der Waals surface area contributed by atoms with E-state index in [1.54, 1.807) is 34.4 Å². The van der Waals surface area contributed by atoms with Crippen LogP contribution in [-0.2, 0) is 11.3 Å². The number of hydrogen-bond acceptors (Lipinski definition) is 5. The number of nitrogens with two attached hydrogens (primary N) is 1. The van der Waals surface area contributed by atoms with Crippen molar-refractivity contribution in [3.05, 3.63) is 34.5 Å². The monoisotopic (exact) mass is 271 g/mol. The van der Waals surface area contributed by atoms with Gasteiger partial charge in [-0.25, -0.2) is 4.79 Å². The highest BCUT2D eigenvalue weighted by molar-refractivity contribution is 8.02. The van der Waals surface area contributed by atoms with Gasteiger partial charge < -0.3 is 10.5 Å². The Balaban J connectivity index is 1.94. The van der Waals surface area contributed by atoms with Gasteiger partial charge in [0, 0.05) is 4.88 Å². The van der Waals surface area contributed by atoms with Gasteiger partial charge >= 0.3 is 6.09 Å². The number of rotatable bonds is 4. The van der Waals surface area contributed by atoms with E-state index in [9.17, 15) is 4.79 Å². The number of hydrogen-bond donors (Lipinski definition) is 1. The molecule has 2 aromatic rings. The lowest BCUT2D eigenvalue weighted by Gasteiger charge is -1.96. The van der Waals surface area contributed by atoms with Crippen LogP contribution in [0.2, 0.25) is 0 Å². The Hall–Kier alpha value is -0.980. The van der Waals surface area contributed by atoms with E-state index in [4.69, 9.17) is 10.5 Å². The molecule has 16 heavy (non-hydrogen) atoms. The van der Waals surface area contributed by atoms with Crippen molar-refractivity contribution in [1.29, 1.82) is 0 Å². The molecule has 0 aliphatic carbocycles. The number of thiophene rings is 2. The van der Waals surface area contributed by atoms with Crippen LogP contribution >= 0.6 is 34.4 Å². The number of amides is 1. The van der Waals surface area contributed by atoms with Crippen LogP contribution < -0.4 is 5.73 Å². The number of carbonyl (C=O) groups is 1. The van der Waals surface area contributed by atoms with Crippen molar-refractivity contribution in [2.75, 3.05) is 0 Å². The van der Waals surface area contributed by atoms with Gasteiger partial charge in [-0.3, -0.25) is 0 Å². The summed E-state index contributed by atoms with van der Waals surface area (Å²) < 4.78 is 7.16. The molecule has 0 fully saturated rings. The highest BCUT2D eigenvalue weighted by Gasteiger charge is 2.04. The van der Waals surface area contributed by atoms with Gasteiger partial charge in [-0.1, -0.05) is 17.8 Å². The molecule has 0 aliphatic heterocycles. The molecule has 0 saturated heterocycles. The summed E-state index contributed by atoms with van der Waals surface area (Å²) in [4.78, 5) is 11.4. The molecule has 0 unspecified atom stereocenters. The Morgan fingerprint density at radius 1 is 1.38 bits per heavy atom. The topological polar surface area (TPSA) is 52.3 Å². The second kappa shape index (κ2) is 5.38. The van der Waals surface area contributed by atoms with E-state index in [1.165, 1.54) is 8.42 Å². The Kier molecular flexibility index (Phi) is 3.87. The predicted molar refractivity (Wildman–Crippen MR) is 67.1 cm³/mol. The Morgan fingerprint density at radius 3 is 2.94 bits per heavy atom. The van der Waals surface area contributed by atoms with Crippen LogP contribution in [0.3, 0.4) is 0 Å². The van der Waals surface area contributed by atoms with Crippen LogP contribution in [0.1, 0.15) is 4.88 Å². The Bertz CT molecular complexity index is 464. The first-order chi connectivity index (χ1) is 7.74. The van der Waals surface area contributed by atoms with Gasteiger partial charge in [0.1, 0.15) is 6.61 Å². The molecule has 2 N–H and O–H groups in total. The number of carbonyl (C=O) groups excluding carboxylic acids is 1. The van der Waals surface area contributed by atoms with Gasteiger partial charge in [0.15, 0.2) is 0 Å². The van der Waals surface area contributed by atoms with Crippen molar-refractivity contribution in [1.82, 2.24) is 0 Å². The molecule has 0 atom stereocenters. The lowest BCUT2D eigenvalue weighted by Crippen LogP contribution is -2.11. The van der Waals surface area contributed by atoms with Gasteiger partial charge in [0.05, 0.1) is 8.42 Å². The SMILES string of the molecule is NC(=O)OCc1ccc(Sc2cccs2)s1. The molecule has 2 aromatic heterocycles. The van der Waals surface area contributed by atoms with E-state index < -0.39 is 6.09 Å². The molecule has 2 rings (SSSR count). The molecule has 0 radical (unpaired) electrons. The molecule has 0 saturated carbocycles. The maximum atomic E-state index is 10.4. The minimum atomic E-state index is -0.735. The first-order valence-electron chi connectivity index (χ1n) is 4.46. The molecule has 1 amide bonds.